The second-order valence-corrected chi connectivity index (χ2v) is 8.85. The summed E-state index contributed by atoms with van der Waals surface area (Å²) in [5.74, 6) is 0.827. The number of hydrogen-bond donors (Lipinski definition) is 1. The molecule has 5 nitrogen and oxygen atoms in total. The molecular weight excluding hydrogens is 356 g/mol. The third kappa shape index (κ3) is 7.94. The maximum absolute atomic E-state index is 12.3. The Morgan fingerprint density at radius 3 is 2.39 bits per heavy atom. The standard InChI is InChI=1S/C23H40O5/c1-6-7-8-9-10-11-21(25)27-16-23(15-24)14-19(22(26)28-23)12-13-20(17(2)3)18(4)5/h12,17-18,20,24H,6-11,13-16H2,1-5H3/b19-12+. The van der Waals surface area contributed by atoms with Gasteiger partial charge in [0.25, 0.3) is 0 Å². The summed E-state index contributed by atoms with van der Waals surface area (Å²) in [6.07, 6.45) is 8.70. The van der Waals surface area contributed by atoms with Crippen LogP contribution in [0.4, 0.5) is 0 Å². The predicted octanol–water partition coefficient (Wildman–Crippen LogP) is 4.81. The fourth-order valence-electron chi connectivity index (χ4n) is 3.84. The molecule has 1 atom stereocenters. The third-order valence-electron chi connectivity index (χ3n) is 5.70. The molecule has 0 bridgehead atoms. The summed E-state index contributed by atoms with van der Waals surface area (Å²) in [4.78, 5) is 24.2. The van der Waals surface area contributed by atoms with Crippen molar-refractivity contribution in [3.63, 3.8) is 0 Å². The molecule has 0 aliphatic carbocycles. The van der Waals surface area contributed by atoms with Gasteiger partial charge in [-0.3, -0.25) is 4.79 Å². The Hall–Kier alpha value is -1.36. The molecule has 0 aromatic heterocycles. The highest BCUT2D eigenvalue weighted by Crippen LogP contribution is 2.33. The van der Waals surface area contributed by atoms with Crippen LogP contribution in [0.25, 0.3) is 0 Å². The molecule has 1 fully saturated rings. The van der Waals surface area contributed by atoms with Crippen molar-refractivity contribution in [1.29, 1.82) is 0 Å². The van der Waals surface area contributed by atoms with Gasteiger partial charge in [0.05, 0.1) is 6.61 Å². The van der Waals surface area contributed by atoms with Crippen molar-refractivity contribution in [3.05, 3.63) is 11.6 Å². The van der Waals surface area contributed by atoms with E-state index in [9.17, 15) is 14.7 Å². The smallest absolute Gasteiger partial charge is 0.334 e. The second-order valence-electron chi connectivity index (χ2n) is 8.85. The highest BCUT2D eigenvalue weighted by atomic mass is 16.6. The van der Waals surface area contributed by atoms with E-state index in [4.69, 9.17) is 9.47 Å². The first-order valence-electron chi connectivity index (χ1n) is 10.9. The van der Waals surface area contributed by atoms with Crippen molar-refractivity contribution in [2.45, 2.75) is 91.6 Å². The van der Waals surface area contributed by atoms with Crippen molar-refractivity contribution in [1.82, 2.24) is 0 Å². The molecular formula is C23H40O5. The van der Waals surface area contributed by atoms with Crippen molar-refractivity contribution in [2.75, 3.05) is 13.2 Å². The number of esters is 2. The molecule has 162 valence electrons. The van der Waals surface area contributed by atoms with E-state index in [0.29, 0.717) is 29.7 Å². The molecule has 1 aliphatic rings. The summed E-state index contributed by atoms with van der Waals surface area (Å²) in [7, 11) is 0. The number of carbonyl (C=O) groups excluding carboxylic acids is 2. The molecule has 0 amide bonds. The highest BCUT2D eigenvalue weighted by Gasteiger charge is 2.44. The van der Waals surface area contributed by atoms with Crippen molar-refractivity contribution >= 4 is 11.9 Å². The van der Waals surface area contributed by atoms with Gasteiger partial charge in [-0.25, -0.2) is 4.79 Å². The van der Waals surface area contributed by atoms with Crippen LogP contribution in [0, 0.1) is 17.8 Å². The van der Waals surface area contributed by atoms with Crippen molar-refractivity contribution in [3.8, 4) is 0 Å². The van der Waals surface area contributed by atoms with Gasteiger partial charge in [0, 0.05) is 18.4 Å². The van der Waals surface area contributed by atoms with Gasteiger partial charge < -0.3 is 14.6 Å². The fourth-order valence-corrected chi connectivity index (χ4v) is 3.84. The van der Waals surface area contributed by atoms with Crippen LogP contribution in [0.2, 0.25) is 0 Å². The Morgan fingerprint density at radius 2 is 1.82 bits per heavy atom. The van der Waals surface area contributed by atoms with Gasteiger partial charge in [-0.2, -0.15) is 0 Å². The van der Waals surface area contributed by atoms with E-state index in [1.54, 1.807) is 0 Å². The van der Waals surface area contributed by atoms with Crippen LogP contribution in [0.1, 0.15) is 86.0 Å². The Morgan fingerprint density at radius 1 is 1.18 bits per heavy atom. The second kappa shape index (κ2) is 12.3. The molecule has 0 radical (unpaired) electrons. The van der Waals surface area contributed by atoms with Crippen LogP contribution >= 0.6 is 0 Å². The molecule has 0 spiro atoms. The van der Waals surface area contributed by atoms with Gasteiger partial charge in [0.2, 0.25) is 0 Å². The minimum absolute atomic E-state index is 0.0852. The number of rotatable bonds is 13. The van der Waals surface area contributed by atoms with Gasteiger partial charge in [-0.1, -0.05) is 66.4 Å². The first-order chi connectivity index (χ1) is 13.2. The highest BCUT2D eigenvalue weighted by molar-refractivity contribution is 5.91. The van der Waals surface area contributed by atoms with E-state index in [-0.39, 0.29) is 25.6 Å². The van der Waals surface area contributed by atoms with E-state index in [2.05, 4.69) is 34.6 Å². The zero-order valence-electron chi connectivity index (χ0n) is 18.5. The lowest BCUT2D eigenvalue weighted by molar-refractivity contribution is -0.166. The number of unbranched alkanes of at least 4 members (excludes halogenated alkanes) is 4. The molecule has 1 heterocycles. The number of aliphatic hydroxyl groups is 1. The maximum Gasteiger partial charge on any atom is 0.334 e. The van der Waals surface area contributed by atoms with E-state index in [1.807, 2.05) is 6.08 Å². The van der Waals surface area contributed by atoms with Crippen LogP contribution in [-0.2, 0) is 19.1 Å². The molecule has 1 N–H and O–H groups in total. The minimum atomic E-state index is -1.13. The van der Waals surface area contributed by atoms with Gasteiger partial charge in [0.1, 0.15) is 6.61 Å². The molecule has 1 aliphatic heterocycles. The largest absolute Gasteiger partial charge is 0.461 e. The lowest BCUT2D eigenvalue weighted by Crippen LogP contribution is -2.39. The molecule has 0 aromatic carbocycles. The zero-order chi connectivity index (χ0) is 21.2. The van der Waals surface area contributed by atoms with Crippen LogP contribution in [-0.4, -0.2) is 35.9 Å². The van der Waals surface area contributed by atoms with E-state index >= 15 is 0 Å². The van der Waals surface area contributed by atoms with Crippen molar-refractivity contribution < 1.29 is 24.2 Å². The van der Waals surface area contributed by atoms with Crippen LogP contribution in [0.3, 0.4) is 0 Å². The van der Waals surface area contributed by atoms with Crippen molar-refractivity contribution in [2.24, 2.45) is 17.8 Å². The van der Waals surface area contributed by atoms with E-state index in [0.717, 1.165) is 25.7 Å². The average Bonchev–Trinajstić information content (AvgIpc) is 2.96. The van der Waals surface area contributed by atoms with Crippen LogP contribution in [0.15, 0.2) is 11.6 Å². The number of carbonyl (C=O) groups is 2. The molecule has 1 unspecified atom stereocenters. The van der Waals surface area contributed by atoms with Gasteiger partial charge in [-0.05, 0) is 30.6 Å². The molecule has 1 saturated heterocycles. The van der Waals surface area contributed by atoms with Gasteiger partial charge in [-0.15, -0.1) is 0 Å². The normalized spacial score (nSPS) is 21.2. The van der Waals surface area contributed by atoms with Crippen LogP contribution < -0.4 is 0 Å². The molecule has 0 aromatic rings. The predicted molar refractivity (Wildman–Crippen MR) is 111 cm³/mol. The van der Waals surface area contributed by atoms with E-state index < -0.39 is 11.6 Å². The lowest BCUT2D eigenvalue weighted by Gasteiger charge is -2.24. The lowest BCUT2D eigenvalue weighted by atomic mass is 9.82. The fraction of sp³-hybridized carbons (Fsp3) is 0.826. The molecule has 0 saturated carbocycles. The number of ether oxygens (including phenoxy) is 2. The summed E-state index contributed by atoms with van der Waals surface area (Å²) in [5, 5.41) is 9.80. The maximum atomic E-state index is 12.3. The van der Waals surface area contributed by atoms with Crippen LogP contribution in [0.5, 0.6) is 0 Å². The monoisotopic (exact) mass is 396 g/mol. The number of aliphatic hydroxyl groups excluding tert-OH is 1. The summed E-state index contributed by atoms with van der Waals surface area (Å²) in [5.41, 5.74) is -0.553. The molecule has 28 heavy (non-hydrogen) atoms. The first kappa shape index (κ1) is 24.7. The minimum Gasteiger partial charge on any atom is -0.461 e. The Kier molecular flexibility index (Phi) is 10.8. The number of hydrogen-bond acceptors (Lipinski definition) is 5. The number of allylic oxidation sites excluding steroid dienone is 1. The molecule has 5 heteroatoms. The summed E-state index contributed by atoms with van der Waals surface area (Å²) >= 11 is 0. The zero-order valence-corrected chi connectivity index (χ0v) is 18.5. The Balaban J connectivity index is 2.56. The van der Waals surface area contributed by atoms with Gasteiger partial charge >= 0.3 is 11.9 Å². The third-order valence-corrected chi connectivity index (χ3v) is 5.70. The SMILES string of the molecule is CCCCCCCC(=O)OCC1(CO)C/C(=C\CC(C(C)C)C(C)C)C(=O)O1. The quantitative estimate of drug-likeness (QED) is 0.275. The number of cyclic esters (lactones) is 1. The van der Waals surface area contributed by atoms with Gasteiger partial charge in [0.15, 0.2) is 5.60 Å². The summed E-state index contributed by atoms with van der Waals surface area (Å²) < 4.78 is 10.8. The average molecular weight is 397 g/mol. The summed E-state index contributed by atoms with van der Waals surface area (Å²) in [6, 6.07) is 0. The van der Waals surface area contributed by atoms with E-state index in [1.165, 1.54) is 12.8 Å². The first-order valence-corrected chi connectivity index (χ1v) is 10.9. The molecule has 1 rings (SSSR count). The topological polar surface area (TPSA) is 72.8 Å². The summed E-state index contributed by atoms with van der Waals surface area (Å²) in [6.45, 7) is 10.5. The Labute approximate surface area is 170 Å². The Bertz CT molecular complexity index is 515.